The van der Waals surface area contributed by atoms with Crippen LogP contribution < -0.4 is 5.32 Å². The molecule has 1 aromatic heterocycles. The lowest BCUT2D eigenvalue weighted by atomic mass is 10.0. The molecular weight excluding hydrogens is 344 g/mol. The molecule has 1 aliphatic heterocycles. The minimum atomic E-state index is 0.0436. The molecule has 136 valence electrons. The van der Waals surface area contributed by atoms with Gasteiger partial charge in [-0.1, -0.05) is 36.4 Å². The molecule has 1 saturated heterocycles. The van der Waals surface area contributed by atoms with Gasteiger partial charge in [-0.2, -0.15) is 0 Å². The van der Waals surface area contributed by atoms with Crippen molar-refractivity contribution >= 4 is 23.2 Å². The Balaban J connectivity index is 1.24. The van der Waals surface area contributed by atoms with Gasteiger partial charge in [-0.05, 0) is 36.3 Å². The normalized spacial score (nSPS) is 24.0. The summed E-state index contributed by atoms with van der Waals surface area (Å²) in [6.07, 6.45) is 3.22. The number of hydrogen-bond donors (Lipinski definition) is 1. The number of nitrogens with one attached hydrogen (secondary N) is 1. The number of thiophene rings is 1. The van der Waals surface area contributed by atoms with Gasteiger partial charge in [0.25, 0.3) is 0 Å². The topological polar surface area (TPSA) is 49.4 Å². The van der Waals surface area contributed by atoms with E-state index in [1.807, 2.05) is 40.6 Å². The number of hydrogen-bond acceptors (Lipinski definition) is 3. The first-order valence-corrected chi connectivity index (χ1v) is 10.2. The summed E-state index contributed by atoms with van der Waals surface area (Å²) in [4.78, 5) is 28.1. The van der Waals surface area contributed by atoms with Crippen LogP contribution >= 0.6 is 11.3 Å². The van der Waals surface area contributed by atoms with Crippen LogP contribution in [0.2, 0.25) is 0 Å². The first-order chi connectivity index (χ1) is 12.7. The molecule has 2 aliphatic rings. The Labute approximate surface area is 158 Å². The number of nitrogens with zero attached hydrogens (tertiary/aromatic N) is 1. The molecule has 1 aliphatic carbocycles. The minimum Gasteiger partial charge on any atom is -0.351 e. The lowest BCUT2D eigenvalue weighted by Gasteiger charge is -2.17. The Morgan fingerprint density at radius 3 is 2.81 bits per heavy atom. The van der Waals surface area contributed by atoms with Gasteiger partial charge in [-0.3, -0.25) is 9.59 Å². The fourth-order valence-electron chi connectivity index (χ4n) is 4.04. The second-order valence-electron chi connectivity index (χ2n) is 7.47. The highest BCUT2D eigenvalue weighted by molar-refractivity contribution is 7.09. The molecule has 5 heteroatoms. The molecule has 2 aromatic rings. The van der Waals surface area contributed by atoms with Crippen molar-refractivity contribution in [3.8, 4) is 0 Å². The average Bonchev–Trinajstić information content (AvgIpc) is 3.02. The highest BCUT2D eigenvalue weighted by Crippen LogP contribution is 2.58. The van der Waals surface area contributed by atoms with Gasteiger partial charge in [0.05, 0.1) is 6.54 Å². The molecule has 1 aromatic carbocycles. The number of aryl methyl sites for hydroxylation is 1. The van der Waals surface area contributed by atoms with Crippen molar-refractivity contribution in [1.29, 1.82) is 0 Å². The van der Waals surface area contributed by atoms with E-state index in [2.05, 4.69) is 17.4 Å². The molecule has 0 unspecified atom stereocenters. The SMILES string of the molecule is O=C(NCc1cccs1)[C@H]1C[C@@]12CCN(C(=O)CCc1ccccc1)C2. The molecule has 2 amide bonds. The number of rotatable bonds is 6. The number of amides is 2. The first kappa shape index (κ1) is 17.3. The molecule has 1 spiro atoms. The number of benzene rings is 1. The van der Waals surface area contributed by atoms with Crippen molar-refractivity contribution < 1.29 is 9.59 Å². The Bertz CT molecular complexity index is 775. The van der Waals surface area contributed by atoms with Gasteiger partial charge in [0.15, 0.2) is 0 Å². The van der Waals surface area contributed by atoms with Gasteiger partial charge < -0.3 is 10.2 Å². The Morgan fingerprint density at radius 2 is 2.04 bits per heavy atom. The third-order valence-corrected chi connectivity index (χ3v) is 6.61. The zero-order valence-corrected chi connectivity index (χ0v) is 15.6. The maximum Gasteiger partial charge on any atom is 0.224 e. The van der Waals surface area contributed by atoms with E-state index in [0.717, 1.165) is 32.4 Å². The fourth-order valence-corrected chi connectivity index (χ4v) is 4.69. The maximum atomic E-state index is 12.5. The van der Waals surface area contributed by atoms with E-state index >= 15 is 0 Å². The summed E-state index contributed by atoms with van der Waals surface area (Å²) in [6, 6.07) is 14.2. The standard InChI is InChI=1S/C21H24N2O2S/c24-19(9-8-16-5-2-1-3-6-16)23-11-10-21(15-23)13-18(21)20(25)22-14-17-7-4-12-26-17/h1-7,12,18H,8-11,13-15H2,(H,22,25)/t18-,21-/m1/s1. The zero-order valence-electron chi connectivity index (χ0n) is 14.8. The molecule has 2 fully saturated rings. The third kappa shape index (κ3) is 3.68. The highest BCUT2D eigenvalue weighted by Gasteiger charge is 2.61. The van der Waals surface area contributed by atoms with Gasteiger partial charge in [-0.15, -0.1) is 11.3 Å². The second kappa shape index (κ2) is 7.23. The second-order valence-corrected chi connectivity index (χ2v) is 8.50. The molecule has 2 atom stereocenters. The van der Waals surface area contributed by atoms with Crippen LogP contribution in [0.4, 0.5) is 0 Å². The maximum absolute atomic E-state index is 12.5. The summed E-state index contributed by atoms with van der Waals surface area (Å²) in [5, 5.41) is 5.08. The molecule has 4 rings (SSSR count). The number of carbonyl (C=O) groups is 2. The van der Waals surface area contributed by atoms with Crippen molar-refractivity contribution in [3.05, 3.63) is 58.3 Å². The molecule has 0 radical (unpaired) electrons. The average molecular weight is 369 g/mol. The van der Waals surface area contributed by atoms with Gasteiger partial charge in [-0.25, -0.2) is 0 Å². The fraction of sp³-hybridized carbons (Fsp3) is 0.429. The molecule has 1 saturated carbocycles. The van der Waals surface area contributed by atoms with Gasteiger partial charge in [0, 0.05) is 35.7 Å². The number of carbonyl (C=O) groups excluding carboxylic acids is 2. The van der Waals surface area contributed by atoms with Crippen LogP contribution in [0.3, 0.4) is 0 Å². The van der Waals surface area contributed by atoms with E-state index in [0.29, 0.717) is 13.0 Å². The molecule has 26 heavy (non-hydrogen) atoms. The molecular formula is C21H24N2O2S. The number of likely N-dealkylation sites (tertiary alicyclic amines) is 1. The van der Waals surface area contributed by atoms with Crippen LogP contribution in [0.5, 0.6) is 0 Å². The summed E-state index contributed by atoms with van der Waals surface area (Å²) in [7, 11) is 0. The predicted molar refractivity (Wildman–Crippen MR) is 103 cm³/mol. The summed E-state index contributed by atoms with van der Waals surface area (Å²) in [6.45, 7) is 2.16. The van der Waals surface area contributed by atoms with Crippen molar-refractivity contribution in [2.24, 2.45) is 11.3 Å². The van der Waals surface area contributed by atoms with E-state index in [-0.39, 0.29) is 23.1 Å². The van der Waals surface area contributed by atoms with Crippen LogP contribution in [0, 0.1) is 11.3 Å². The largest absolute Gasteiger partial charge is 0.351 e. The Kier molecular flexibility index (Phi) is 4.81. The summed E-state index contributed by atoms with van der Waals surface area (Å²) in [5.41, 5.74) is 1.24. The van der Waals surface area contributed by atoms with Gasteiger partial charge >= 0.3 is 0 Å². The quantitative estimate of drug-likeness (QED) is 0.851. The molecule has 0 bridgehead atoms. The summed E-state index contributed by atoms with van der Waals surface area (Å²) >= 11 is 1.66. The van der Waals surface area contributed by atoms with E-state index in [1.54, 1.807) is 11.3 Å². The minimum absolute atomic E-state index is 0.0436. The molecule has 4 nitrogen and oxygen atoms in total. The molecule has 2 heterocycles. The van der Waals surface area contributed by atoms with Crippen molar-refractivity contribution in [2.45, 2.75) is 32.2 Å². The van der Waals surface area contributed by atoms with Crippen LogP contribution in [0.25, 0.3) is 0 Å². The van der Waals surface area contributed by atoms with Crippen molar-refractivity contribution in [2.75, 3.05) is 13.1 Å². The van der Waals surface area contributed by atoms with E-state index in [9.17, 15) is 9.59 Å². The van der Waals surface area contributed by atoms with E-state index in [4.69, 9.17) is 0 Å². The van der Waals surface area contributed by atoms with Crippen molar-refractivity contribution in [3.63, 3.8) is 0 Å². The summed E-state index contributed by atoms with van der Waals surface area (Å²) in [5.74, 6) is 0.446. The Hall–Kier alpha value is -2.14. The highest BCUT2D eigenvalue weighted by atomic mass is 32.1. The molecule has 1 N–H and O–H groups in total. The van der Waals surface area contributed by atoms with E-state index < -0.39 is 0 Å². The lowest BCUT2D eigenvalue weighted by molar-refractivity contribution is -0.130. The smallest absolute Gasteiger partial charge is 0.224 e. The van der Waals surface area contributed by atoms with Gasteiger partial charge in [0.2, 0.25) is 11.8 Å². The first-order valence-electron chi connectivity index (χ1n) is 9.28. The van der Waals surface area contributed by atoms with Crippen LogP contribution in [0.1, 0.15) is 29.7 Å². The monoisotopic (exact) mass is 368 g/mol. The van der Waals surface area contributed by atoms with Gasteiger partial charge in [0.1, 0.15) is 0 Å². The lowest BCUT2D eigenvalue weighted by Crippen LogP contribution is -2.31. The predicted octanol–water partition coefficient (Wildman–Crippen LogP) is 3.24. The third-order valence-electron chi connectivity index (χ3n) is 5.73. The zero-order chi connectivity index (χ0) is 18.0. The Morgan fingerprint density at radius 1 is 1.19 bits per heavy atom. The van der Waals surface area contributed by atoms with Crippen LogP contribution in [-0.2, 0) is 22.6 Å². The van der Waals surface area contributed by atoms with Crippen LogP contribution in [-0.4, -0.2) is 29.8 Å². The van der Waals surface area contributed by atoms with Crippen molar-refractivity contribution in [1.82, 2.24) is 10.2 Å². The van der Waals surface area contributed by atoms with E-state index in [1.165, 1.54) is 10.4 Å². The van der Waals surface area contributed by atoms with Crippen LogP contribution in [0.15, 0.2) is 47.8 Å². The summed E-state index contributed by atoms with van der Waals surface area (Å²) < 4.78 is 0.